The number of imidazole rings is 1. The third-order valence-corrected chi connectivity index (χ3v) is 5.83. The number of rotatable bonds is 8. The molecule has 0 saturated carbocycles. The van der Waals surface area contributed by atoms with Crippen LogP contribution in [0.25, 0.3) is 0 Å². The van der Waals surface area contributed by atoms with Crippen LogP contribution >= 0.6 is 0 Å². The van der Waals surface area contributed by atoms with Gasteiger partial charge in [0.05, 0.1) is 13.4 Å². The predicted molar refractivity (Wildman–Crippen MR) is 128 cm³/mol. The van der Waals surface area contributed by atoms with E-state index in [9.17, 15) is 9.59 Å². The first kappa shape index (κ1) is 22.4. The molecule has 8 heteroatoms. The number of piperidine rings is 1. The van der Waals surface area contributed by atoms with E-state index in [2.05, 4.69) is 32.7 Å². The van der Waals surface area contributed by atoms with E-state index in [0.717, 1.165) is 37.4 Å². The first-order chi connectivity index (χ1) is 16.1. The Balaban J connectivity index is 1.26. The second-order valence-electron chi connectivity index (χ2n) is 8.11. The lowest BCUT2D eigenvalue weighted by Crippen LogP contribution is -2.44. The Morgan fingerprint density at radius 1 is 1.12 bits per heavy atom. The van der Waals surface area contributed by atoms with Gasteiger partial charge < -0.3 is 24.8 Å². The molecule has 0 aliphatic carbocycles. The van der Waals surface area contributed by atoms with Crippen molar-refractivity contribution in [1.82, 2.24) is 14.9 Å². The molecule has 4 rings (SSSR count). The highest BCUT2D eigenvalue weighted by Crippen LogP contribution is 2.23. The van der Waals surface area contributed by atoms with Crippen molar-refractivity contribution < 1.29 is 14.3 Å². The van der Waals surface area contributed by atoms with E-state index in [4.69, 9.17) is 4.74 Å². The van der Waals surface area contributed by atoms with Gasteiger partial charge in [-0.25, -0.2) is 4.98 Å². The molecule has 172 valence electrons. The van der Waals surface area contributed by atoms with Crippen LogP contribution in [0.5, 0.6) is 5.75 Å². The average Bonchev–Trinajstić information content (AvgIpc) is 3.37. The third kappa shape index (κ3) is 6.12. The van der Waals surface area contributed by atoms with Gasteiger partial charge in [-0.05, 0) is 55.3 Å². The van der Waals surface area contributed by atoms with Gasteiger partial charge in [-0.1, -0.05) is 6.07 Å². The molecule has 1 aromatic heterocycles. The second-order valence-corrected chi connectivity index (χ2v) is 8.11. The fraction of sp³-hybridized carbons (Fsp3) is 0.320. The van der Waals surface area contributed by atoms with E-state index in [1.807, 2.05) is 22.9 Å². The molecular weight excluding hydrogens is 418 g/mol. The average molecular weight is 448 g/mol. The van der Waals surface area contributed by atoms with Crippen molar-refractivity contribution in [2.45, 2.75) is 31.8 Å². The molecule has 0 bridgehead atoms. The van der Waals surface area contributed by atoms with Gasteiger partial charge in [0, 0.05) is 61.4 Å². The Kier molecular flexibility index (Phi) is 7.24. The van der Waals surface area contributed by atoms with Gasteiger partial charge in [-0.2, -0.15) is 0 Å². The van der Waals surface area contributed by atoms with Crippen LogP contribution < -0.4 is 20.3 Å². The van der Waals surface area contributed by atoms with Gasteiger partial charge in [0.15, 0.2) is 0 Å². The molecule has 33 heavy (non-hydrogen) atoms. The minimum Gasteiger partial charge on any atom is -0.497 e. The molecule has 2 heterocycles. The van der Waals surface area contributed by atoms with Crippen LogP contribution in [0.3, 0.4) is 0 Å². The van der Waals surface area contributed by atoms with E-state index in [0.29, 0.717) is 24.2 Å². The van der Waals surface area contributed by atoms with E-state index in [1.54, 1.807) is 43.9 Å². The Morgan fingerprint density at radius 3 is 2.61 bits per heavy atom. The van der Waals surface area contributed by atoms with E-state index in [-0.39, 0.29) is 17.9 Å². The summed E-state index contributed by atoms with van der Waals surface area (Å²) in [4.78, 5) is 31.3. The van der Waals surface area contributed by atoms with Crippen LogP contribution in [0, 0.1) is 0 Å². The molecule has 1 saturated heterocycles. The first-order valence-corrected chi connectivity index (χ1v) is 11.2. The summed E-state index contributed by atoms with van der Waals surface area (Å²) in [6.07, 6.45) is 7.27. The number of aryl methyl sites for hydroxylation is 1. The van der Waals surface area contributed by atoms with Crippen molar-refractivity contribution in [3.05, 3.63) is 72.8 Å². The van der Waals surface area contributed by atoms with Crippen LogP contribution in [0.2, 0.25) is 0 Å². The Hall–Kier alpha value is -3.81. The van der Waals surface area contributed by atoms with Crippen molar-refractivity contribution in [2.75, 3.05) is 30.4 Å². The SMILES string of the molecule is COc1ccc(N2CCC(NC(=O)c3cccc(NC(=O)CCn4ccnc4)c3)CC2)cc1. The lowest BCUT2D eigenvalue weighted by Gasteiger charge is -2.34. The highest BCUT2D eigenvalue weighted by atomic mass is 16.5. The van der Waals surface area contributed by atoms with E-state index in [1.165, 1.54) is 0 Å². The smallest absolute Gasteiger partial charge is 0.251 e. The number of hydrogen-bond acceptors (Lipinski definition) is 5. The Morgan fingerprint density at radius 2 is 1.91 bits per heavy atom. The van der Waals surface area contributed by atoms with Crippen molar-refractivity contribution in [3.8, 4) is 5.75 Å². The topological polar surface area (TPSA) is 88.5 Å². The molecule has 2 amide bonds. The summed E-state index contributed by atoms with van der Waals surface area (Å²) < 4.78 is 7.07. The molecule has 0 unspecified atom stereocenters. The molecule has 2 aromatic carbocycles. The maximum absolute atomic E-state index is 12.8. The van der Waals surface area contributed by atoms with Crippen molar-refractivity contribution in [1.29, 1.82) is 0 Å². The van der Waals surface area contributed by atoms with Crippen molar-refractivity contribution in [2.24, 2.45) is 0 Å². The van der Waals surface area contributed by atoms with Gasteiger partial charge >= 0.3 is 0 Å². The number of hydrogen-bond donors (Lipinski definition) is 2. The molecule has 0 radical (unpaired) electrons. The number of anilines is 2. The van der Waals surface area contributed by atoms with E-state index < -0.39 is 0 Å². The number of carbonyl (C=O) groups excluding carboxylic acids is 2. The Labute approximate surface area is 193 Å². The van der Waals surface area contributed by atoms with Crippen molar-refractivity contribution in [3.63, 3.8) is 0 Å². The lowest BCUT2D eigenvalue weighted by molar-refractivity contribution is -0.116. The van der Waals surface area contributed by atoms with Crippen LogP contribution in [0.15, 0.2) is 67.3 Å². The summed E-state index contributed by atoms with van der Waals surface area (Å²) in [5, 5.41) is 6.01. The van der Waals surface area contributed by atoms with Gasteiger partial charge in [0.25, 0.3) is 5.91 Å². The molecule has 3 aromatic rings. The summed E-state index contributed by atoms with van der Waals surface area (Å²) in [7, 11) is 1.66. The number of aromatic nitrogens is 2. The third-order valence-electron chi connectivity index (χ3n) is 5.83. The highest BCUT2D eigenvalue weighted by Gasteiger charge is 2.21. The molecular formula is C25H29N5O3. The fourth-order valence-corrected chi connectivity index (χ4v) is 3.96. The second kappa shape index (κ2) is 10.7. The molecule has 0 spiro atoms. The quantitative estimate of drug-likeness (QED) is 0.553. The largest absolute Gasteiger partial charge is 0.497 e. The number of ether oxygens (including phenoxy) is 1. The van der Waals surface area contributed by atoms with Gasteiger partial charge in [0.2, 0.25) is 5.91 Å². The van der Waals surface area contributed by atoms with Crippen LogP contribution in [0.4, 0.5) is 11.4 Å². The summed E-state index contributed by atoms with van der Waals surface area (Å²) >= 11 is 0. The number of benzene rings is 2. The molecule has 1 aliphatic rings. The zero-order valence-corrected chi connectivity index (χ0v) is 18.7. The molecule has 0 atom stereocenters. The predicted octanol–water partition coefficient (Wildman–Crippen LogP) is 3.32. The van der Waals surface area contributed by atoms with E-state index >= 15 is 0 Å². The lowest BCUT2D eigenvalue weighted by atomic mass is 10.0. The minimum absolute atomic E-state index is 0.104. The van der Waals surface area contributed by atoms with Gasteiger partial charge in [-0.3, -0.25) is 9.59 Å². The summed E-state index contributed by atoms with van der Waals surface area (Å²) in [5.74, 6) is 0.622. The van der Waals surface area contributed by atoms with Gasteiger partial charge in [0.1, 0.15) is 5.75 Å². The number of amides is 2. The van der Waals surface area contributed by atoms with Crippen LogP contribution in [0.1, 0.15) is 29.6 Å². The summed E-state index contributed by atoms with van der Waals surface area (Å²) in [5.41, 5.74) is 2.32. The molecule has 2 N–H and O–H groups in total. The molecule has 8 nitrogen and oxygen atoms in total. The zero-order chi connectivity index (χ0) is 23.0. The van der Waals surface area contributed by atoms with Crippen LogP contribution in [-0.4, -0.2) is 47.6 Å². The molecule has 1 fully saturated rings. The van der Waals surface area contributed by atoms with Gasteiger partial charge in [-0.15, -0.1) is 0 Å². The minimum atomic E-state index is -0.118. The highest BCUT2D eigenvalue weighted by molar-refractivity contribution is 5.97. The maximum atomic E-state index is 12.8. The van der Waals surface area contributed by atoms with Crippen molar-refractivity contribution >= 4 is 23.2 Å². The molecule has 1 aliphatic heterocycles. The first-order valence-electron chi connectivity index (χ1n) is 11.2. The standard InChI is InChI=1S/C25H29N5O3/c1-33-23-7-5-22(6-8-23)30-14-9-20(10-15-30)28-25(32)19-3-2-4-21(17-19)27-24(31)11-13-29-16-12-26-18-29/h2-8,12,16-18,20H,9-11,13-15H2,1H3,(H,27,31)(H,28,32). The number of methoxy groups -OCH3 is 1. The Bertz CT molecular complexity index is 1060. The number of nitrogens with one attached hydrogen (secondary N) is 2. The summed E-state index contributed by atoms with van der Waals surface area (Å²) in [6, 6.07) is 15.2. The maximum Gasteiger partial charge on any atom is 0.251 e. The fourth-order valence-electron chi connectivity index (χ4n) is 3.96. The zero-order valence-electron chi connectivity index (χ0n) is 18.7. The summed E-state index contributed by atoms with van der Waals surface area (Å²) in [6.45, 7) is 2.32. The normalized spacial score (nSPS) is 14.0. The number of nitrogens with zero attached hydrogens (tertiary/aromatic N) is 3. The monoisotopic (exact) mass is 447 g/mol. The van der Waals surface area contributed by atoms with Crippen LogP contribution in [-0.2, 0) is 11.3 Å². The number of carbonyl (C=O) groups is 2.